The van der Waals surface area contributed by atoms with Crippen molar-refractivity contribution in [1.29, 1.82) is 0 Å². The van der Waals surface area contributed by atoms with Gasteiger partial charge in [0.15, 0.2) is 6.61 Å². The molecule has 2 aliphatic heterocycles. The summed E-state index contributed by atoms with van der Waals surface area (Å²) < 4.78 is 5.54. The van der Waals surface area contributed by atoms with Crippen molar-refractivity contribution in [3.63, 3.8) is 0 Å². The van der Waals surface area contributed by atoms with Crippen LogP contribution in [0.3, 0.4) is 0 Å². The van der Waals surface area contributed by atoms with Gasteiger partial charge in [-0.1, -0.05) is 18.2 Å². The molecule has 2 heterocycles. The van der Waals surface area contributed by atoms with Gasteiger partial charge >= 0.3 is 0 Å². The van der Waals surface area contributed by atoms with Gasteiger partial charge in [-0.2, -0.15) is 0 Å². The molecule has 2 saturated heterocycles. The number of rotatable bonds is 4. The highest BCUT2D eigenvalue weighted by Crippen LogP contribution is 2.20. The fraction of sp³-hybridized carbons (Fsp3) is 0.562. The molecule has 0 saturated carbocycles. The number of hydrogen-bond acceptors (Lipinski definition) is 3. The fourth-order valence-corrected chi connectivity index (χ4v) is 3.13. The second-order valence-electron chi connectivity index (χ2n) is 5.63. The SMILES string of the molecule is O=C(COc1ccccc1)N1CCC(N2CCCC2)C1. The van der Waals surface area contributed by atoms with Gasteiger partial charge in [-0.3, -0.25) is 9.69 Å². The molecule has 2 aliphatic rings. The first-order valence-electron chi connectivity index (χ1n) is 7.52. The zero-order valence-corrected chi connectivity index (χ0v) is 11.8. The molecule has 1 amide bonds. The van der Waals surface area contributed by atoms with Gasteiger partial charge in [0.25, 0.3) is 5.91 Å². The number of ether oxygens (including phenoxy) is 1. The highest BCUT2D eigenvalue weighted by molar-refractivity contribution is 5.78. The van der Waals surface area contributed by atoms with E-state index in [1.807, 2.05) is 35.2 Å². The Kier molecular flexibility index (Phi) is 4.21. The Morgan fingerprint density at radius 2 is 1.90 bits per heavy atom. The average Bonchev–Trinajstić information content (AvgIpc) is 3.16. The Hall–Kier alpha value is -1.55. The van der Waals surface area contributed by atoms with Crippen LogP contribution in [0.4, 0.5) is 0 Å². The Morgan fingerprint density at radius 1 is 1.15 bits per heavy atom. The summed E-state index contributed by atoms with van der Waals surface area (Å²) >= 11 is 0. The van der Waals surface area contributed by atoms with Crippen LogP contribution in [0.25, 0.3) is 0 Å². The summed E-state index contributed by atoms with van der Waals surface area (Å²) in [5.74, 6) is 0.867. The second-order valence-corrected chi connectivity index (χ2v) is 5.63. The van der Waals surface area contributed by atoms with E-state index in [9.17, 15) is 4.79 Å². The van der Waals surface area contributed by atoms with Gasteiger partial charge in [-0.05, 0) is 44.5 Å². The number of likely N-dealkylation sites (tertiary alicyclic amines) is 2. The molecule has 108 valence electrons. The Morgan fingerprint density at radius 3 is 2.65 bits per heavy atom. The zero-order valence-electron chi connectivity index (χ0n) is 11.8. The largest absolute Gasteiger partial charge is 0.484 e. The molecule has 0 spiro atoms. The molecule has 4 heteroatoms. The summed E-state index contributed by atoms with van der Waals surface area (Å²) in [6.45, 7) is 4.30. The van der Waals surface area contributed by atoms with E-state index >= 15 is 0 Å². The number of para-hydroxylation sites is 1. The molecule has 2 fully saturated rings. The van der Waals surface area contributed by atoms with Crippen molar-refractivity contribution in [2.75, 3.05) is 32.8 Å². The predicted molar refractivity (Wildman–Crippen MR) is 77.7 cm³/mol. The lowest BCUT2D eigenvalue weighted by atomic mass is 10.2. The third kappa shape index (κ3) is 3.12. The van der Waals surface area contributed by atoms with Crippen LogP contribution < -0.4 is 4.74 Å². The van der Waals surface area contributed by atoms with Crippen LogP contribution in [0, 0.1) is 0 Å². The Bertz CT molecular complexity index is 443. The van der Waals surface area contributed by atoms with E-state index in [1.54, 1.807) is 0 Å². The Labute approximate surface area is 120 Å². The van der Waals surface area contributed by atoms with Crippen molar-refractivity contribution >= 4 is 5.91 Å². The molecule has 0 aliphatic carbocycles. The molecule has 4 nitrogen and oxygen atoms in total. The highest BCUT2D eigenvalue weighted by atomic mass is 16.5. The number of carbonyl (C=O) groups is 1. The normalized spacial score (nSPS) is 23.2. The van der Waals surface area contributed by atoms with Gasteiger partial charge in [0.2, 0.25) is 0 Å². The molecule has 0 N–H and O–H groups in total. The lowest BCUT2D eigenvalue weighted by molar-refractivity contribution is -0.132. The first-order valence-corrected chi connectivity index (χ1v) is 7.52. The number of nitrogens with zero attached hydrogens (tertiary/aromatic N) is 2. The van der Waals surface area contributed by atoms with E-state index in [0.29, 0.717) is 6.04 Å². The fourth-order valence-electron chi connectivity index (χ4n) is 3.13. The molecular formula is C16H22N2O2. The maximum absolute atomic E-state index is 12.2. The van der Waals surface area contributed by atoms with Gasteiger partial charge < -0.3 is 9.64 Å². The summed E-state index contributed by atoms with van der Waals surface area (Å²) in [7, 11) is 0. The van der Waals surface area contributed by atoms with Crippen LogP contribution in [-0.2, 0) is 4.79 Å². The van der Waals surface area contributed by atoms with Crippen LogP contribution >= 0.6 is 0 Å². The van der Waals surface area contributed by atoms with E-state index in [0.717, 1.165) is 25.3 Å². The second kappa shape index (κ2) is 6.27. The minimum absolute atomic E-state index is 0.107. The van der Waals surface area contributed by atoms with Crippen LogP contribution in [0.1, 0.15) is 19.3 Å². The molecular weight excluding hydrogens is 252 g/mol. The van der Waals surface area contributed by atoms with Crippen molar-refractivity contribution in [2.45, 2.75) is 25.3 Å². The maximum Gasteiger partial charge on any atom is 0.260 e. The molecule has 1 aromatic carbocycles. The molecule has 1 atom stereocenters. The van der Waals surface area contributed by atoms with Gasteiger partial charge in [0.05, 0.1) is 0 Å². The van der Waals surface area contributed by atoms with E-state index in [4.69, 9.17) is 4.74 Å². The first-order chi connectivity index (χ1) is 9.83. The van der Waals surface area contributed by atoms with Crippen molar-refractivity contribution in [3.05, 3.63) is 30.3 Å². The molecule has 0 radical (unpaired) electrons. The van der Waals surface area contributed by atoms with Crippen molar-refractivity contribution < 1.29 is 9.53 Å². The summed E-state index contributed by atoms with van der Waals surface area (Å²) in [6, 6.07) is 10.1. The monoisotopic (exact) mass is 274 g/mol. The summed E-state index contributed by atoms with van der Waals surface area (Å²) in [4.78, 5) is 16.6. The molecule has 0 bridgehead atoms. The van der Waals surface area contributed by atoms with Crippen LogP contribution in [0.2, 0.25) is 0 Å². The number of hydrogen-bond donors (Lipinski definition) is 0. The molecule has 1 unspecified atom stereocenters. The summed E-state index contributed by atoms with van der Waals surface area (Å²) in [6.07, 6.45) is 3.72. The van der Waals surface area contributed by atoms with E-state index < -0.39 is 0 Å². The average molecular weight is 274 g/mol. The minimum Gasteiger partial charge on any atom is -0.484 e. The van der Waals surface area contributed by atoms with Gasteiger partial charge in [-0.15, -0.1) is 0 Å². The van der Waals surface area contributed by atoms with Crippen LogP contribution in [-0.4, -0.2) is 54.5 Å². The number of carbonyl (C=O) groups excluding carboxylic acids is 1. The van der Waals surface area contributed by atoms with Gasteiger partial charge in [0, 0.05) is 19.1 Å². The lowest BCUT2D eigenvalue weighted by Crippen LogP contribution is -2.38. The van der Waals surface area contributed by atoms with Crippen LogP contribution in [0.15, 0.2) is 30.3 Å². The van der Waals surface area contributed by atoms with Gasteiger partial charge in [-0.25, -0.2) is 0 Å². The quantitative estimate of drug-likeness (QED) is 0.839. The van der Waals surface area contributed by atoms with Crippen molar-refractivity contribution in [2.24, 2.45) is 0 Å². The molecule has 3 rings (SSSR count). The predicted octanol–water partition coefficient (Wildman–Crippen LogP) is 1.76. The van der Waals surface area contributed by atoms with E-state index in [1.165, 1.54) is 25.9 Å². The standard InChI is InChI=1S/C16H22N2O2/c19-16(13-20-15-6-2-1-3-7-15)18-11-8-14(12-18)17-9-4-5-10-17/h1-3,6-7,14H,4-5,8-13H2. The molecule has 1 aromatic rings. The maximum atomic E-state index is 12.2. The Balaban J connectivity index is 1.46. The topological polar surface area (TPSA) is 32.8 Å². The summed E-state index contributed by atoms with van der Waals surface area (Å²) in [5.41, 5.74) is 0. The van der Waals surface area contributed by atoms with Crippen LogP contribution in [0.5, 0.6) is 5.75 Å². The number of benzene rings is 1. The lowest BCUT2D eigenvalue weighted by Gasteiger charge is -2.23. The smallest absolute Gasteiger partial charge is 0.260 e. The highest BCUT2D eigenvalue weighted by Gasteiger charge is 2.31. The molecule has 0 aromatic heterocycles. The van der Waals surface area contributed by atoms with E-state index in [-0.39, 0.29) is 12.5 Å². The van der Waals surface area contributed by atoms with E-state index in [2.05, 4.69) is 4.90 Å². The third-order valence-electron chi connectivity index (χ3n) is 4.28. The zero-order chi connectivity index (χ0) is 13.8. The molecule has 20 heavy (non-hydrogen) atoms. The van der Waals surface area contributed by atoms with Crippen molar-refractivity contribution in [3.8, 4) is 5.75 Å². The minimum atomic E-state index is 0.107. The van der Waals surface area contributed by atoms with Gasteiger partial charge in [0.1, 0.15) is 5.75 Å². The third-order valence-corrected chi connectivity index (χ3v) is 4.28. The summed E-state index contributed by atoms with van der Waals surface area (Å²) in [5, 5.41) is 0. The van der Waals surface area contributed by atoms with Crippen molar-refractivity contribution in [1.82, 2.24) is 9.80 Å². The number of amides is 1. The first kappa shape index (κ1) is 13.4.